The van der Waals surface area contributed by atoms with Gasteiger partial charge in [0.25, 0.3) is 5.91 Å². The van der Waals surface area contributed by atoms with Gasteiger partial charge in [0.2, 0.25) is 0 Å². The van der Waals surface area contributed by atoms with Gasteiger partial charge < -0.3 is 9.88 Å². The number of benzene rings is 1. The van der Waals surface area contributed by atoms with Crippen LogP contribution in [0.2, 0.25) is 4.47 Å². The maximum atomic E-state index is 12.6. The zero-order valence-corrected chi connectivity index (χ0v) is 15.6. The molecule has 0 aliphatic carbocycles. The fraction of sp³-hybridized carbons (Fsp3) is 0.353. The van der Waals surface area contributed by atoms with Gasteiger partial charge in [-0.3, -0.25) is 4.79 Å². The number of halogens is 1. The summed E-state index contributed by atoms with van der Waals surface area (Å²) >= 11 is 7.35. The molecule has 2 heterocycles. The fourth-order valence-corrected chi connectivity index (χ4v) is 3.86. The molecule has 2 aromatic heterocycles. The summed E-state index contributed by atoms with van der Waals surface area (Å²) in [6.07, 6.45) is 0. The van der Waals surface area contributed by atoms with Crippen LogP contribution < -0.4 is 5.32 Å². The molecule has 0 fully saturated rings. The van der Waals surface area contributed by atoms with E-state index in [0.29, 0.717) is 10.2 Å². The summed E-state index contributed by atoms with van der Waals surface area (Å²) in [5.74, 6) is 0.778. The summed E-state index contributed by atoms with van der Waals surface area (Å²) < 4.78 is 2.39. The lowest BCUT2D eigenvalue weighted by Crippen LogP contribution is -2.29. The maximum Gasteiger partial charge on any atom is 0.271 e. The molecular weight excluding hydrogens is 344 g/mol. The van der Waals surface area contributed by atoms with Gasteiger partial charge in [0.1, 0.15) is 11.5 Å². The number of rotatable bonds is 4. The van der Waals surface area contributed by atoms with Gasteiger partial charge in [0.05, 0.1) is 17.1 Å². The van der Waals surface area contributed by atoms with Crippen LogP contribution in [0.15, 0.2) is 24.3 Å². The van der Waals surface area contributed by atoms with E-state index in [0.717, 1.165) is 21.7 Å². The molecule has 1 atom stereocenters. The predicted molar refractivity (Wildman–Crippen MR) is 97.8 cm³/mol. The van der Waals surface area contributed by atoms with Gasteiger partial charge in [-0.25, -0.2) is 9.97 Å². The average Bonchev–Trinajstić information content (AvgIpc) is 3.09. The molecule has 0 saturated heterocycles. The molecule has 126 valence electrons. The van der Waals surface area contributed by atoms with Crippen molar-refractivity contribution >= 4 is 39.9 Å². The largest absolute Gasteiger partial charge is 0.341 e. The molecule has 5 nitrogen and oxygen atoms in total. The lowest BCUT2D eigenvalue weighted by Gasteiger charge is -2.14. The third-order valence-corrected chi connectivity index (χ3v) is 5.38. The number of aromatic nitrogens is 3. The van der Waals surface area contributed by atoms with E-state index in [1.807, 2.05) is 56.7 Å². The van der Waals surface area contributed by atoms with E-state index < -0.39 is 0 Å². The molecule has 0 aliphatic heterocycles. The highest BCUT2D eigenvalue weighted by atomic mass is 35.5. The number of thiazole rings is 1. The van der Waals surface area contributed by atoms with Crippen LogP contribution >= 0.6 is 22.9 Å². The summed E-state index contributed by atoms with van der Waals surface area (Å²) in [4.78, 5) is 22.3. The molecule has 0 aliphatic rings. The summed E-state index contributed by atoms with van der Waals surface area (Å²) in [6, 6.07) is 7.66. The van der Waals surface area contributed by atoms with Gasteiger partial charge >= 0.3 is 0 Å². The number of carbonyl (C=O) groups is 1. The van der Waals surface area contributed by atoms with Crippen molar-refractivity contribution in [2.45, 2.75) is 32.7 Å². The van der Waals surface area contributed by atoms with E-state index in [2.05, 4.69) is 15.3 Å². The third-order valence-electron chi connectivity index (χ3n) is 3.92. The molecule has 24 heavy (non-hydrogen) atoms. The Morgan fingerprint density at radius 1 is 1.25 bits per heavy atom. The summed E-state index contributed by atoms with van der Waals surface area (Å²) in [6.45, 7) is 5.97. The van der Waals surface area contributed by atoms with Crippen LogP contribution in [0.5, 0.6) is 0 Å². The van der Waals surface area contributed by atoms with E-state index in [1.165, 1.54) is 11.3 Å². The molecule has 3 aromatic rings. The predicted octanol–water partition coefficient (Wildman–Crippen LogP) is 4.30. The Bertz CT molecular complexity index is 899. The van der Waals surface area contributed by atoms with E-state index in [4.69, 9.17) is 11.6 Å². The molecular formula is C17H19ClN4OS. The SMILES string of the molecule is CC(C)c1sc(Cl)nc1C(=O)NC(C)c1nc2ccccc2n1C. The molecule has 1 aromatic carbocycles. The molecule has 0 saturated carbocycles. The third kappa shape index (κ3) is 3.03. The first-order valence-corrected chi connectivity index (χ1v) is 8.96. The first-order valence-electron chi connectivity index (χ1n) is 7.77. The normalized spacial score (nSPS) is 12.8. The minimum atomic E-state index is -0.240. The highest BCUT2D eigenvalue weighted by molar-refractivity contribution is 7.16. The Labute approximate surface area is 149 Å². The maximum absolute atomic E-state index is 12.6. The Balaban J connectivity index is 1.87. The van der Waals surface area contributed by atoms with Crippen LogP contribution in [0.3, 0.4) is 0 Å². The number of aryl methyl sites for hydroxylation is 1. The molecule has 7 heteroatoms. The number of amides is 1. The van der Waals surface area contributed by atoms with Crippen molar-refractivity contribution in [3.63, 3.8) is 0 Å². The lowest BCUT2D eigenvalue weighted by molar-refractivity contribution is 0.0932. The Morgan fingerprint density at radius 3 is 2.62 bits per heavy atom. The van der Waals surface area contributed by atoms with E-state index in [1.54, 1.807) is 0 Å². The topological polar surface area (TPSA) is 59.8 Å². The van der Waals surface area contributed by atoms with Crippen LogP contribution in [0, 0.1) is 0 Å². The van der Waals surface area contributed by atoms with Crippen LogP contribution in [-0.2, 0) is 7.05 Å². The molecule has 0 bridgehead atoms. The van der Waals surface area contributed by atoms with Gasteiger partial charge in [0.15, 0.2) is 4.47 Å². The highest BCUT2D eigenvalue weighted by Crippen LogP contribution is 2.30. The van der Waals surface area contributed by atoms with Crippen molar-refractivity contribution in [1.82, 2.24) is 19.9 Å². The number of nitrogens with zero attached hydrogens (tertiary/aromatic N) is 3. The van der Waals surface area contributed by atoms with Crippen LogP contribution in [0.25, 0.3) is 11.0 Å². The van der Waals surface area contributed by atoms with Crippen molar-refractivity contribution in [2.75, 3.05) is 0 Å². The van der Waals surface area contributed by atoms with E-state index in [9.17, 15) is 4.79 Å². The highest BCUT2D eigenvalue weighted by Gasteiger charge is 2.23. The van der Waals surface area contributed by atoms with Gasteiger partial charge in [-0.05, 0) is 25.0 Å². The first kappa shape index (κ1) is 16.9. The second kappa shape index (κ2) is 6.53. The first-order chi connectivity index (χ1) is 11.4. The smallest absolute Gasteiger partial charge is 0.271 e. The van der Waals surface area contributed by atoms with Crippen molar-refractivity contribution in [3.8, 4) is 0 Å². The number of nitrogens with one attached hydrogen (secondary N) is 1. The van der Waals surface area contributed by atoms with Crippen molar-refractivity contribution in [3.05, 3.63) is 45.1 Å². The number of fused-ring (bicyclic) bond motifs is 1. The number of imidazole rings is 1. The quantitative estimate of drug-likeness (QED) is 0.752. The number of hydrogen-bond acceptors (Lipinski definition) is 4. The van der Waals surface area contributed by atoms with Crippen LogP contribution in [0.4, 0.5) is 0 Å². The summed E-state index contributed by atoms with van der Waals surface area (Å²) in [7, 11) is 1.95. The van der Waals surface area contributed by atoms with Crippen molar-refractivity contribution in [1.29, 1.82) is 0 Å². The number of carbonyl (C=O) groups excluding carboxylic acids is 1. The minimum Gasteiger partial charge on any atom is -0.341 e. The van der Waals surface area contributed by atoms with Crippen LogP contribution in [0.1, 0.15) is 53.9 Å². The second-order valence-electron chi connectivity index (χ2n) is 6.05. The summed E-state index contributed by atoms with van der Waals surface area (Å²) in [5, 5.41) is 2.99. The van der Waals surface area contributed by atoms with E-state index in [-0.39, 0.29) is 17.9 Å². The fourth-order valence-electron chi connectivity index (χ4n) is 2.74. The Morgan fingerprint density at radius 2 is 1.96 bits per heavy atom. The van der Waals surface area contributed by atoms with Gasteiger partial charge in [0, 0.05) is 11.9 Å². The molecule has 3 rings (SSSR count). The Hall–Kier alpha value is -1.92. The number of para-hydroxylation sites is 2. The van der Waals surface area contributed by atoms with Gasteiger partial charge in [-0.1, -0.05) is 37.6 Å². The standard InChI is InChI=1S/C17H19ClN4OS/c1-9(2)14-13(21-17(18)24-14)16(23)19-10(3)15-20-11-7-5-6-8-12(11)22(15)4/h5-10H,1-4H3,(H,19,23). The molecule has 0 spiro atoms. The molecule has 1 N–H and O–H groups in total. The zero-order valence-electron chi connectivity index (χ0n) is 14.0. The van der Waals surface area contributed by atoms with Gasteiger partial charge in [-0.2, -0.15) is 0 Å². The zero-order chi connectivity index (χ0) is 17.4. The van der Waals surface area contributed by atoms with Gasteiger partial charge in [-0.15, -0.1) is 11.3 Å². The minimum absolute atomic E-state index is 0.196. The lowest BCUT2D eigenvalue weighted by atomic mass is 10.1. The molecule has 1 unspecified atom stereocenters. The van der Waals surface area contributed by atoms with Crippen molar-refractivity contribution < 1.29 is 4.79 Å². The summed E-state index contributed by atoms with van der Waals surface area (Å²) in [5.41, 5.74) is 2.36. The second-order valence-corrected chi connectivity index (χ2v) is 7.66. The molecule has 1 amide bonds. The molecule has 0 radical (unpaired) electrons. The monoisotopic (exact) mass is 362 g/mol. The Kier molecular flexibility index (Phi) is 4.60. The average molecular weight is 363 g/mol. The van der Waals surface area contributed by atoms with E-state index >= 15 is 0 Å². The number of hydrogen-bond donors (Lipinski definition) is 1. The van der Waals surface area contributed by atoms with Crippen molar-refractivity contribution in [2.24, 2.45) is 7.05 Å². The van der Waals surface area contributed by atoms with Crippen LogP contribution in [-0.4, -0.2) is 20.4 Å².